The molecular weight excluding hydrogens is 236 g/mol. The fourth-order valence-electron chi connectivity index (χ4n) is 2.11. The maximum Gasteiger partial charge on any atom is 0.243 e. The first-order chi connectivity index (χ1) is 8.04. The summed E-state index contributed by atoms with van der Waals surface area (Å²) < 4.78 is 1.70. The quantitative estimate of drug-likeness (QED) is 0.911. The third-order valence-electron chi connectivity index (χ3n) is 3.33. The zero-order valence-corrected chi connectivity index (χ0v) is 10.7. The average molecular weight is 251 g/mol. The van der Waals surface area contributed by atoms with Gasteiger partial charge in [0.25, 0.3) is 0 Å². The lowest BCUT2D eigenvalue weighted by Crippen LogP contribution is -2.33. The van der Waals surface area contributed by atoms with E-state index in [-0.39, 0.29) is 5.54 Å². The Kier molecular flexibility index (Phi) is 2.30. The van der Waals surface area contributed by atoms with Gasteiger partial charge in [0.05, 0.1) is 5.02 Å². The van der Waals surface area contributed by atoms with Crippen LogP contribution < -0.4 is 5.32 Å². The van der Waals surface area contributed by atoms with Gasteiger partial charge in [-0.05, 0) is 44.7 Å². The molecule has 0 bridgehead atoms. The van der Waals surface area contributed by atoms with Crippen molar-refractivity contribution in [2.24, 2.45) is 5.92 Å². The predicted molar refractivity (Wildman–Crippen MR) is 68.4 cm³/mol. The molecule has 0 atom stereocenters. The van der Waals surface area contributed by atoms with Crippen molar-refractivity contribution >= 4 is 23.2 Å². The number of nitrogens with one attached hydrogen (secondary N) is 1. The van der Waals surface area contributed by atoms with Crippen molar-refractivity contribution in [2.45, 2.75) is 32.2 Å². The van der Waals surface area contributed by atoms with Crippen LogP contribution in [0.5, 0.6) is 0 Å². The highest BCUT2D eigenvalue weighted by molar-refractivity contribution is 6.30. The molecule has 0 saturated heterocycles. The van der Waals surface area contributed by atoms with Crippen LogP contribution in [0.4, 0.5) is 5.95 Å². The number of aromatic nitrogens is 3. The van der Waals surface area contributed by atoms with E-state index in [0.717, 1.165) is 11.6 Å². The molecule has 1 saturated carbocycles. The van der Waals surface area contributed by atoms with E-state index < -0.39 is 0 Å². The van der Waals surface area contributed by atoms with Crippen LogP contribution >= 0.6 is 11.6 Å². The molecule has 90 valence electrons. The van der Waals surface area contributed by atoms with Crippen LogP contribution in [0.1, 0.15) is 26.7 Å². The number of hydrogen-bond donors (Lipinski definition) is 1. The van der Waals surface area contributed by atoms with E-state index in [1.807, 2.05) is 12.1 Å². The molecule has 17 heavy (non-hydrogen) atoms. The number of nitrogens with zero attached hydrogens (tertiary/aromatic N) is 3. The molecule has 2 aromatic rings. The van der Waals surface area contributed by atoms with Crippen LogP contribution in [-0.4, -0.2) is 20.1 Å². The maximum atomic E-state index is 5.91. The zero-order chi connectivity index (χ0) is 12.0. The topological polar surface area (TPSA) is 42.2 Å². The van der Waals surface area contributed by atoms with Gasteiger partial charge in [-0.25, -0.2) is 4.52 Å². The second-order valence-corrected chi connectivity index (χ2v) is 5.64. The maximum absolute atomic E-state index is 5.91. The molecule has 1 fully saturated rings. The molecular formula is C12H15ClN4. The van der Waals surface area contributed by atoms with Crippen LogP contribution in [0.3, 0.4) is 0 Å². The minimum atomic E-state index is 0.0642. The monoisotopic (exact) mass is 250 g/mol. The molecule has 4 nitrogen and oxygen atoms in total. The van der Waals surface area contributed by atoms with Gasteiger partial charge in [-0.3, -0.25) is 0 Å². The van der Waals surface area contributed by atoms with Crippen molar-refractivity contribution in [1.29, 1.82) is 0 Å². The first-order valence-electron chi connectivity index (χ1n) is 5.85. The summed E-state index contributed by atoms with van der Waals surface area (Å²) in [5, 5.41) is 8.44. The Morgan fingerprint density at radius 2 is 2.18 bits per heavy atom. The summed E-state index contributed by atoms with van der Waals surface area (Å²) in [7, 11) is 0. The Morgan fingerprint density at radius 3 is 2.88 bits per heavy atom. The number of halogens is 1. The standard InChI is InChI=1S/C12H15ClN4/c1-12(2,8-3-4-8)15-11-14-10-6-5-9(13)7-17(10)16-11/h5-8H,3-4H2,1-2H3,(H,15,16). The molecule has 0 spiro atoms. The number of fused-ring (bicyclic) bond motifs is 1. The summed E-state index contributed by atoms with van der Waals surface area (Å²) in [4.78, 5) is 4.43. The molecule has 0 radical (unpaired) electrons. The van der Waals surface area contributed by atoms with Crippen LogP contribution in [0.15, 0.2) is 18.3 Å². The first-order valence-corrected chi connectivity index (χ1v) is 6.22. The molecule has 0 unspecified atom stereocenters. The second kappa shape index (κ2) is 3.60. The van der Waals surface area contributed by atoms with Gasteiger partial charge in [0.2, 0.25) is 5.95 Å². The Balaban J connectivity index is 1.90. The number of rotatable bonds is 3. The Bertz CT molecular complexity index is 557. The van der Waals surface area contributed by atoms with Crippen molar-refractivity contribution in [2.75, 3.05) is 5.32 Å². The molecule has 2 heterocycles. The molecule has 5 heteroatoms. The van der Waals surface area contributed by atoms with Gasteiger partial charge in [-0.15, -0.1) is 5.10 Å². The SMILES string of the molecule is CC(C)(Nc1nc2ccc(Cl)cn2n1)C1CC1. The van der Waals surface area contributed by atoms with Gasteiger partial charge in [0, 0.05) is 11.7 Å². The summed E-state index contributed by atoms with van der Waals surface area (Å²) in [5.74, 6) is 1.40. The second-order valence-electron chi connectivity index (χ2n) is 5.21. The Morgan fingerprint density at radius 1 is 1.41 bits per heavy atom. The predicted octanol–water partition coefficient (Wildman–Crippen LogP) is 2.98. The van der Waals surface area contributed by atoms with E-state index in [4.69, 9.17) is 11.6 Å². The fraction of sp³-hybridized carbons (Fsp3) is 0.500. The van der Waals surface area contributed by atoms with Crippen LogP contribution in [0.2, 0.25) is 5.02 Å². The third-order valence-corrected chi connectivity index (χ3v) is 3.55. The van der Waals surface area contributed by atoms with E-state index in [0.29, 0.717) is 11.0 Å². The highest BCUT2D eigenvalue weighted by atomic mass is 35.5. The number of hydrogen-bond acceptors (Lipinski definition) is 3. The lowest BCUT2D eigenvalue weighted by atomic mass is 9.99. The molecule has 0 aromatic carbocycles. The molecule has 2 aromatic heterocycles. The van der Waals surface area contributed by atoms with E-state index >= 15 is 0 Å². The number of anilines is 1. The van der Waals surface area contributed by atoms with Gasteiger partial charge >= 0.3 is 0 Å². The minimum Gasteiger partial charge on any atom is -0.348 e. The van der Waals surface area contributed by atoms with E-state index in [1.165, 1.54) is 12.8 Å². The summed E-state index contributed by atoms with van der Waals surface area (Å²) in [5.41, 5.74) is 0.873. The lowest BCUT2D eigenvalue weighted by molar-refractivity contribution is 0.490. The largest absolute Gasteiger partial charge is 0.348 e. The minimum absolute atomic E-state index is 0.0642. The van der Waals surface area contributed by atoms with Crippen molar-refractivity contribution < 1.29 is 0 Å². The lowest BCUT2D eigenvalue weighted by Gasteiger charge is -2.24. The molecule has 0 aliphatic heterocycles. The summed E-state index contributed by atoms with van der Waals surface area (Å²) in [6, 6.07) is 3.69. The Hall–Kier alpha value is -1.29. The fourth-order valence-corrected chi connectivity index (χ4v) is 2.26. The molecule has 0 amide bonds. The van der Waals surface area contributed by atoms with Crippen molar-refractivity contribution in [1.82, 2.24) is 14.6 Å². The van der Waals surface area contributed by atoms with E-state index in [1.54, 1.807) is 10.7 Å². The van der Waals surface area contributed by atoms with Crippen molar-refractivity contribution in [3.63, 3.8) is 0 Å². The van der Waals surface area contributed by atoms with Crippen molar-refractivity contribution in [3.8, 4) is 0 Å². The van der Waals surface area contributed by atoms with Gasteiger partial charge in [-0.2, -0.15) is 4.98 Å². The summed E-state index contributed by atoms with van der Waals surface area (Å²) in [6.45, 7) is 4.40. The van der Waals surface area contributed by atoms with Gasteiger partial charge < -0.3 is 5.32 Å². The normalized spacial score (nSPS) is 16.4. The number of pyridine rings is 1. The van der Waals surface area contributed by atoms with Crippen LogP contribution in [0, 0.1) is 5.92 Å². The highest BCUT2D eigenvalue weighted by Crippen LogP contribution is 2.40. The highest BCUT2D eigenvalue weighted by Gasteiger charge is 2.38. The van der Waals surface area contributed by atoms with Crippen LogP contribution in [0.25, 0.3) is 5.65 Å². The molecule has 1 aliphatic rings. The summed E-state index contributed by atoms with van der Waals surface area (Å²) >= 11 is 5.91. The smallest absolute Gasteiger partial charge is 0.243 e. The first kappa shape index (κ1) is 10.8. The van der Waals surface area contributed by atoms with E-state index in [9.17, 15) is 0 Å². The molecule has 3 rings (SSSR count). The molecule has 1 N–H and O–H groups in total. The van der Waals surface area contributed by atoms with Crippen molar-refractivity contribution in [3.05, 3.63) is 23.4 Å². The Labute approximate surface area is 105 Å². The zero-order valence-electron chi connectivity index (χ0n) is 9.94. The average Bonchev–Trinajstić information content (AvgIpc) is 3.01. The van der Waals surface area contributed by atoms with Gasteiger partial charge in [0.15, 0.2) is 5.65 Å². The molecule has 1 aliphatic carbocycles. The van der Waals surface area contributed by atoms with Gasteiger partial charge in [0.1, 0.15) is 0 Å². The summed E-state index contributed by atoms with van der Waals surface area (Å²) in [6.07, 6.45) is 4.34. The van der Waals surface area contributed by atoms with Crippen LogP contribution in [-0.2, 0) is 0 Å². The third kappa shape index (κ3) is 2.09. The van der Waals surface area contributed by atoms with E-state index in [2.05, 4.69) is 29.2 Å². The van der Waals surface area contributed by atoms with Gasteiger partial charge in [-0.1, -0.05) is 11.6 Å².